The monoisotopic (exact) mass is 579 g/mol. The van der Waals surface area contributed by atoms with Crippen molar-refractivity contribution in [3.8, 4) is 12.3 Å². The Kier molecular flexibility index (Phi) is 9.10. The number of piperazine rings is 1. The van der Waals surface area contributed by atoms with Gasteiger partial charge in [0, 0.05) is 62.7 Å². The summed E-state index contributed by atoms with van der Waals surface area (Å²) in [5.74, 6) is 3.05. The second kappa shape index (κ2) is 13.3. The lowest BCUT2D eigenvalue weighted by Gasteiger charge is -2.31. The molecule has 2 heterocycles. The molecular weight excluding hydrogens is 546 g/mol. The Hall–Kier alpha value is -5.05. The zero-order chi connectivity index (χ0) is 30.3. The minimum absolute atomic E-state index is 0.0250. The van der Waals surface area contributed by atoms with Crippen LogP contribution in [0.2, 0.25) is 0 Å². The van der Waals surface area contributed by atoms with Crippen molar-refractivity contribution in [3.05, 3.63) is 110 Å². The number of aromatic amines is 1. The summed E-state index contributed by atoms with van der Waals surface area (Å²) in [5, 5.41) is 14.3. The highest BCUT2D eigenvalue weighted by Gasteiger charge is 2.16. The predicted octanol–water partition coefficient (Wildman–Crippen LogP) is 3.15. The maximum absolute atomic E-state index is 13.0. The molecule has 11 nitrogen and oxygen atoms in total. The number of nitro groups is 1. The predicted molar refractivity (Wildman–Crippen MR) is 166 cm³/mol. The first kappa shape index (κ1) is 29.4. The van der Waals surface area contributed by atoms with Crippen molar-refractivity contribution in [2.45, 2.75) is 19.6 Å². The molecule has 220 valence electrons. The number of nitro benzene ring substituents is 1. The summed E-state index contributed by atoms with van der Waals surface area (Å²) in [7, 11) is 2.11. The number of hydrogen-bond acceptors (Lipinski definition) is 8. The molecule has 0 atom stereocenters. The number of aromatic nitrogens is 2. The van der Waals surface area contributed by atoms with Crippen LogP contribution in [-0.2, 0) is 19.6 Å². The molecular formula is C32H33N7O4. The Bertz CT molecular complexity index is 1720. The number of amides is 1. The molecule has 0 spiro atoms. The van der Waals surface area contributed by atoms with Crippen molar-refractivity contribution in [1.82, 2.24) is 25.1 Å². The molecule has 11 heteroatoms. The number of benzene rings is 3. The zero-order valence-corrected chi connectivity index (χ0v) is 24.0. The third kappa shape index (κ3) is 7.43. The average Bonchev–Trinajstić information content (AvgIpc) is 3.01. The van der Waals surface area contributed by atoms with E-state index >= 15 is 0 Å². The van der Waals surface area contributed by atoms with Crippen molar-refractivity contribution < 1.29 is 9.72 Å². The van der Waals surface area contributed by atoms with Gasteiger partial charge in [-0.1, -0.05) is 24.1 Å². The summed E-state index contributed by atoms with van der Waals surface area (Å²) < 4.78 is 0. The maximum Gasteiger partial charge on any atom is 0.269 e. The van der Waals surface area contributed by atoms with E-state index < -0.39 is 4.92 Å². The molecule has 1 aliphatic heterocycles. The number of nitrogens with zero attached hydrogens (tertiary/aromatic N) is 5. The van der Waals surface area contributed by atoms with Crippen LogP contribution in [0.25, 0.3) is 10.9 Å². The molecule has 1 amide bonds. The minimum atomic E-state index is -0.467. The van der Waals surface area contributed by atoms with E-state index in [0.717, 1.165) is 37.4 Å². The fourth-order valence-electron chi connectivity index (χ4n) is 5.08. The van der Waals surface area contributed by atoms with Gasteiger partial charge in [0.2, 0.25) is 0 Å². The summed E-state index contributed by atoms with van der Waals surface area (Å²) in [6.45, 7) is 5.43. The summed E-state index contributed by atoms with van der Waals surface area (Å²) in [4.78, 5) is 50.4. The quantitative estimate of drug-likeness (QED) is 0.167. The van der Waals surface area contributed by atoms with Crippen LogP contribution in [0.1, 0.15) is 27.3 Å². The average molecular weight is 580 g/mol. The first-order valence-corrected chi connectivity index (χ1v) is 14.0. The van der Waals surface area contributed by atoms with Crippen LogP contribution in [0.15, 0.2) is 71.5 Å². The van der Waals surface area contributed by atoms with Gasteiger partial charge in [0.15, 0.2) is 0 Å². The van der Waals surface area contributed by atoms with E-state index in [1.165, 1.54) is 12.1 Å². The van der Waals surface area contributed by atoms with E-state index in [4.69, 9.17) is 11.4 Å². The van der Waals surface area contributed by atoms with Crippen LogP contribution in [0.5, 0.6) is 0 Å². The number of terminal acetylenes is 1. The van der Waals surface area contributed by atoms with Gasteiger partial charge in [-0.2, -0.15) is 0 Å². The number of rotatable bonds is 10. The van der Waals surface area contributed by atoms with Crippen molar-refractivity contribution in [2.75, 3.05) is 44.7 Å². The first-order valence-electron chi connectivity index (χ1n) is 14.0. The van der Waals surface area contributed by atoms with Crippen molar-refractivity contribution in [3.63, 3.8) is 0 Å². The van der Waals surface area contributed by atoms with Crippen LogP contribution in [0, 0.1) is 22.5 Å². The van der Waals surface area contributed by atoms with Gasteiger partial charge in [-0.05, 0) is 54.6 Å². The van der Waals surface area contributed by atoms with Crippen molar-refractivity contribution in [2.24, 2.45) is 0 Å². The second-order valence-electron chi connectivity index (χ2n) is 10.7. The molecule has 1 saturated heterocycles. The van der Waals surface area contributed by atoms with Gasteiger partial charge < -0.3 is 20.1 Å². The van der Waals surface area contributed by atoms with E-state index in [2.05, 4.69) is 33.1 Å². The number of fused-ring (bicyclic) bond motifs is 1. The summed E-state index contributed by atoms with van der Waals surface area (Å²) in [6, 6.07) is 18.9. The molecule has 1 aliphatic rings. The van der Waals surface area contributed by atoms with E-state index in [-0.39, 0.29) is 23.7 Å². The Morgan fingerprint density at radius 3 is 2.58 bits per heavy atom. The normalized spacial score (nSPS) is 13.9. The minimum Gasteiger partial charge on any atom is -0.356 e. The number of H-pyrrole nitrogens is 1. The Morgan fingerprint density at radius 1 is 1.09 bits per heavy atom. The van der Waals surface area contributed by atoms with Crippen LogP contribution >= 0.6 is 0 Å². The van der Waals surface area contributed by atoms with Crippen LogP contribution in [0.3, 0.4) is 0 Å². The lowest BCUT2D eigenvalue weighted by Crippen LogP contribution is -2.44. The van der Waals surface area contributed by atoms with Gasteiger partial charge in [0.25, 0.3) is 17.2 Å². The fourth-order valence-corrected chi connectivity index (χ4v) is 5.08. The summed E-state index contributed by atoms with van der Waals surface area (Å²) in [6.07, 6.45) is 5.67. The van der Waals surface area contributed by atoms with Gasteiger partial charge in [-0.25, -0.2) is 4.98 Å². The molecule has 2 N–H and O–H groups in total. The first-order chi connectivity index (χ1) is 20.8. The number of carbonyl (C=O) groups is 1. The number of nitrogens with one attached hydrogen (secondary N) is 2. The Balaban J connectivity index is 1.25. The zero-order valence-electron chi connectivity index (χ0n) is 24.0. The van der Waals surface area contributed by atoms with Gasteiger partial charge in [0.1, 0.15) is 5.82 Å². The number of likely N-dealkylation sites (N-methyl/N-ethyl adjacent to an activating group) is 1. The van der Waals surface area contributed by atoms with Gasteiger partial charge in [-0.3, -0.25) is 24.6 Å². The molecule has 0 saturated carbocycles. The van der Waals surface area contributed by atoms with Gasteiger partial charge in [-0.15, -0.1) is 6.42 Å². The third-order valence-electron chi connectivity index (χ3n) is 7.51. The van der Waals surface area contributed by atoms with Crippen LogP contribution < -0.4 is 15.8 Å². The third-order valence-corrected chi connectivity index (χ3v) is 7.51. The molecule has 0 bridgehead atoms. The highest BCUT2D eigenvalue weighted by molar-refractivity contribution is 5.94. The second-order valence-corrected chi connectivity index (χ2v) is 10.7. The largest absolute Gasteiger partial charge is 0.356 e. The molecule has 0 radical (unpaired) electrons. The van der Waals surface area contributed by atoms with Crippen LogP contribution in [0.4, 0.5) is 11.4 Å². The Labute approximate surface area is 249 Å². The molecule has 0 aliphatic carbocycles. The molecule has 3 aromatic carbocycles. The van der Waals surface area contributed by atoms with Crippen molar-refractivity contribution in [1.29, 1.82) is 0 Å². The molecule has 43 heavy (non-hydrogen) atoms. The van der Waals surface area contributed by atoms with Gasteiger partial charge in [0.05, 0.1) is 28.9 Å². The van der Waals surface area contributed by atoms with Gasteiger partial charge >= 0.3 is 0 Å². The van der Waals surface area contributed by atoms with E-state index in [9.17, 15) is 19.7 Å². The van der Waals surface area contributed by atoms with Crippen molar-refractivity contribution >= 4 is 28.2 Å². The summed E-state index contributed by atoms with van der Waals surface area (Å²) in [5.41, 5.74) is 3.27. The number of anilines is 1. The molecule has 0 unspecified atom stereocenters. The number of non-ortho nitro benzene ring substituents is 1. The molecule has 4 aromatic rings. The molecule has 1 aromatic heterocycles. The fraction of sp³-hybridized carbons (Fsp3) is 0.281. The standard InChI is InChI=1S/C32H33N7O4/c1-3-13-38(26-10-8-25(9-11-26)31(40)33-20-23-5-4-6-27(18-23)39(42)43)21-24-7-12-29-28(19-24)32(41)35-30(34-29)22-37-16-14-36(2)15-17-37/h1,4-12,18-19H,13-17,20-22H2,2H3,(H,33,40)(H,34,35,41). The lowest BCUT2D eigenvalue weighted by atomic mass is 10.1. The van der Waals surface area contributed by atoms with Crippen LogP contribution in [-0.4, -0.2) is 70.4 Å². The maximum atomic E-state index is 13.0. The van der Waals surface area contributed by atoms with E-state index in [1.807, 2.05) is 35.2 Å². The smallest absolute Gasteiger partial charge is 0.269 e. The number of hydrogen-bond donors (Lipinski definition) is 2. The number of carbonyl (C=O) groups excluding carboxylic acids is 1. The molecule has 1 fully saturated rings. The molecule has 5 rings (SSSR count). The summed E-state index contributed by atoms with van der Waals surface area (Å²) >= 11 is 0. The highest BCUT2D eigenvalue weighted by Crippen LogP contribution is 2.20. The van der Waals surface area contributed by atoms with E-state index in [0.29, 0.717) is 47.5 Å². The highest BCUT2D eigenvalue weighted by atomic mass is 16.6. The van der Waals surface area contributed by atoms with E-state index in [1.54, 1.807) is 24.3 Å². The SMILES string of the molecule is C#CCN(Cc1ccc2nc(CN3CCN(C)CC3)[nH]c(=O)c2c1)c1ccc(C(=O)NCc2cccc([N+](=O)[O-])c2)cc1. The topological polar surface area (TPSA) is 128 Å². The Morgan fingerprint density at radius 2 is 1.86 bits per heavy atom. The lowest BCUT2D eigenvalue weighted by molar-refractivity contribution is -0.384.